The van der Waals surface area contributed by atoms with Gasteiger partial charge in [-0.25, -0.2) is 24.7 Å². The Hall–Kier alpha value is -1.71. The van der Waals surface area contributed by atoms with Crippen LogP contribution in [0.5, 0.6) is 0 Å². The highest BCUT2D eigenvalue weighted by Crippen LogP contribution is 2.43. The molecule has 1 heterocycles. The predicted octanol–water partition coefficient (Wildman–Crippen LogP) is 2.19. The number of nitrogens with one attached hydrogen (secondary N) is 2. The summed E-state index contributed by atoms with van der Waals surface area (Å²) in [5, 5.41) is 1.00. The second-order valence-electron chi connectivity index (χ2n) is 8.44. The van der Waals surface area contributed by atoms with Crippen LogP contribution in [0.3, 0.4) is 0 Å². The van der Waals surface area contributed by atoms with E-state index in [1.165, 1.54) is 11.5 Å². The quantitative estimate of drug-likeness (QED) is 0.313. The topological polar surface area (TPSA) is 102 Å². The maximum atomic E-state index is 13.7. The van der Waals surface area contributed by atoms with E-state index in [4.69, 9.17) is 37.4 Å². The molecule has 3 atom stereocenters. The van der Waals surface area contributed by atoms with Crippen molar-refractivity contribution in [3.63, 3.8) is 0 Å². The number of alkyl carbamates (subject to hydrolysis) is 1. The zero-order valence-corrected chi connectivity index (χ0v) is 19.3. The third-order valence-electron chi connectivity index (χ3n) is 4.31. The number of rotatable bonds is 6. The van der Waals surface area contributed by atoms with Crippen LogP contribution in [0.4, 0.5) is 9.18 Å². The summed E-state index contributed by atoms with van der Waals surface area (Å²) in [6.45, 7) is 10.3. The van der Waals surface area contributed by atoms with Crippen molar-refractivity contribution < 1.29 is 33.6 Å². The Morgan fingerprint density at radius 1 is 1.23 bits per heavy atom. The molecule has 8 nitrogen and oxygen atoms in total. The second kappa shape index (κ2) is 9.62. The van der Waals surface area contributed by atoms with E-state index in [1.807, 2.05) is 0 Å². The SMILES string of the molecule is CC(C)OC(=O)C1=CC(OC(C)C2C(Cl)C(F)C2Cl)=C(NC(=O)OC(C)(C)C)[NH2+]N1. The molecule has 30 heavy (non-hydrogen) atoms. The molecule has 1 aliphatic carbocycles. The van der Waals surface area contributed by atoms with Crippen LogP contribution in [0, 0.1) is 5.92 Å². The molecule has 0 spiro atoms. The molecule has 0 aromatic carbocycles. The first-order valence-corrected chi connectivity index (χ1v) is 10.5. The third-order valence-corrected chi connectivity index (χ3v) is 5.37. The number of carbonyl (C=O) groups excluding carboxylic acids is 2. The Morgan fingerprint density at radius 2 is 1.83 bits per heavy atom. The molecular weight excluding hydrogens is 440 g/mol. The number of carbonyl (C=O) groups is 2. The Balaban J connectivity index is 2.24. The van der Waals surface area contributed by atoms with Crippen molar-refractivity contribution in [3.05, 3.63) is 23.4 Å². The largest absolute Gasteiger partial charge is 0.483 e. The van der Waals surface area contributed by atoms with Gasteiger partial charge < -0.3 is 14.2 Å². The van der Waals surface area contributed by atoms with Crippen LogP contribution in [0.2, 0.25) is 0 Å². The molecule has 4 N–H and O–H groups in total. The first kappa shape index (κ1) is 24.6. The van der Waals surface area contributed by atoms with Crippen LogP contribution in [0.1, 0.15) is 41.5 Å². The lowest BCUT2D eigenvalue weighted by atomic mass is 9.78. The number of esters is 1. The summed E-state index contributed by atoms with van der Waals surface area (Å²) in [4.78, 5) is 24.4. The van der Waals surface area contributed by atoms with Crippen LogP contribution in [-0.4, -0.2) is 46.8 Å². The minimum atomic E-state index is -1.33. The van der Waals surface area contributed by atoms with Crippen LogP contribution in [0.25, 0.3) is 0 Å². The van der Waals surface area contributed by atoms with Crippen molar-refractivity contribution in [2.24, 2.45) is 5.92 Å². The van der Waals surface area contributed by atoms with Crippen molar-refractivity contribution >= 4 is 35.3 Å². The number of nitrogens with two attached hydrogens (primary N) is 1. The number of amides is 1. The summed E-state index contributed by atoms with van der Waals surface area (Å²) in [7, 11) is 0. The van der Waals surface area contributed by atoms with Gasteiger partial charge in [-0.3, -0.25) is 0 Å². The highest BCUT2D eigenvalue weighted by molar-refractivity contribution is 6.28. The van der Waals surface area contributed by atoms with E-state index >= 15 is 0 Å². The Bertz CT molecular complexity index is 728. The van der Waals surface area contributed by atoms with Gasteiger partial charge in [0.05, 0.1) is 16.9 Å². The fourth-order valence-electron chi connectivity index (χ4n) is 2.90. The molecule has 0 aromatic heterocycles. The lowest BCUT2D eigenvalue weighted by molar-refractivity contribution is -0.665. The highest BCUT2D eigenvalue weighted by Gasteiger charge is 2.53. The van der Waals surface area contributed by atoms with Gasteiger partial charge in [-0.1, -0.05) is 0 Å². The molecule has 0 saturated heterocycles. The van der Waals surface area contributed by atoms with Gasteiger partial charge >= 0.3 is 12.1 Å². The minimum absolute atomic E-state index is 0.113. The second-order valence-corrected chi connectivity index (χ2v) is 9.45. The maximum Gasteiger partial charge on any atom is 0.416 e. The number of halogens is 3. The smallest absolute Gasteiger partial charge is 0.416 e. The van der Waals surface area contributed by atoms with Gasteiger partial charge in [0.15, 0.2) is 5.70 Å². The number of alkyl halides is 3. The molecule has 3 unspecified atom stereocenters. The Morgan fingerprint density at radius 3 is 2.37 bits per heavy atom. The van der Waals surface area contributed by atoms with Gasteiger partial charge in [0.1, 0.15) is 17.9 Å². The van der Waals surface area contributed by atoms with Crippen molar-refractivity contribution in [3.8, 4) is 0 Å². The van der Waals surface area contributed by atoms with Crippen LogP contribution < -0.4 is 16.2 Å². The van der Waals surface area contributed by atoms with E-state index in [0.29, 0.717) is 0 Å². The molecule has 11 heteroatoms. The average molecular weight is 469 g/mol. The molecular formula is C19H29Cl2FN3O5+. The highest BCUT2D eigenvalue weighted by atomic mass is 35.5. The van der Waals surface area contributed by atoms with Gasteiger partial charge in [-0.2, -0.15) is 5.43 Å². The van der Waals surface area contributed by atoms with E-state index in [2.05, 4.69) is 10.7 Å². The fraction of sp³-hybridized carbons (Fsp3) is 0.684. The van der Waals surface area contributed by atoms with Crippen molar-refractivity contribution in [1.82, 2.24) is 10.7 Å². The molecule has 1 amide bonds. The molecule has 2 aliphatic rings. The number of ether oxygens (including phenoxy) is 3. The van der Waals surface area contributed by atoms with E-state index in [-0.39, 0.29) is 23.4 Å². The average Bonchev–Trinajstić information content (AvgIpc) is 2.60. The molecule has 1 saturated carbocycles. The normalized spacial score (nSPS) is 27.5. The first-order valence-electron chi connectivity index (χ1n) is 9.65. The predicted molar refractivity (Wildman–Crippen MR) is 109 cm³/mol. The van der Waals surface area contributed by atoms with E-state index in [9.17, 15) is 14.0 Å². The number of quaternary nitrogens is 1. The monoisotopic (exact) mass is 468 g/mol. The molecule has 170 valence electrons. The Kier molecular flexibility index (Phi) is 7.87. The summed E-state index contributed by atoms with van der Waals surface area (Å²) in [5.41, 5.74) is 3.56. The van der Waals surface area contributed by atoms with Gasteiger partial charge in [-0.05, 0) is 41.5 Å². The van der Waals surface area contributed by atoms with Gasteiger partial charge in [0, 0.05) is 12.0 Å². The van der Waals surface area contributed by atoms with E-state index in [0.717, 1.165) is 0 Å². The van der Waals surface area contributed by atoms with Crippen LogP contribution in [0.15, 0.2) is 23.4 Å². The number of hydrogen-bond acceptors (Lipinski definition) is 6. The maximum absolute atomic E-state index is 13.7. The summed E-state index contributed by atoms with van der Waals surface area (Å²) in [6.07, 6.45) is -1.54. The van der Waals surface area contributed by atoms with Crippen molar-refractivity contribution in [2.75, 3.05) is 0 Å². The van der Waals surface area contributed by atoms with Crippen molar-refractivity contribution in [2.45, 2.75) is 76.3 Å². The first-order chi connectivity index (χ1) is 13.8. The van der Waals surface area contributed by atoms with E-state index < -0.39 is 46.6 Å². The standard InChI is InChI=1S/C19H28Cl2FN3O5/c1-8(2)28-17(26)10-7-11(29-9(3)12-13(20)15(22)14(12)21)16(25-24-10)23-18(27)30-19(4,5)6/h7-9,12-15,24-25H,1-6H3,(H,23,27)/p+1. The summed E-state index contributed by atoms with van der Waals surface area (Å²) >= 11 is 12.1. The number of hydrogen-bond donors (Lipinski definition) is 3. The summed E-state index contributed by atoms with van der Waals surface area (Å²) in [5.74, 6) is -0.652. The third kappa shape index (κ3) is 6.15. The molecule has 1 aliphatic heterocycles. The molecule has 1 fully saturated rings. The molecule has 0 radical (unpaired) electrons. The lowest BCUT2D eigenvalue weighted by Gasteiger charge is -2.44. The molecule has 0 bridgehead atoms. The van der Waals surface area contributed by atoms with Gasteiger partial charge in [0.25, 0.3) is 5.82 Å². The summed E-state index contributed by atoms with van der Waals surface area (Å²) in [6, 6.07) is 0. The Labute approximate surface area is 185 Å². The fourth-order valence-corrected chi connectivity index (χ4v) is 4.09. The van der Waals surface area contributed by atoms with Gasteiger partial charge in [0.2, 0.25) is 5.76 Å². The minimum Gasteiger partial charge on any atom is -0.483 e. The van der Waals surface area contributed by atoms with E-state index in [1.54, 1.807) is 41.5 Å². The van der Waals surface area contributed by atoms with Crippen molar-refractivity contribution in [1.29, 1.82) is 0 Å². The molecule has 0 aromatic rings. The zero-order valence-electron chi connectivity index (χ0n) is 17.8. The number of allylic oxidation sites excluding steroid dienone is 1. The zero-order chi connectivity index (χ0) is 22.8. The lowest BCUT2D eigenvalue weighted by Crippen LogP contribution is -2.94. The van der Waals surface area contributed by atoms with Crippen LogP contribution in [-0.2, 0) is 19.0 Å². The molecule has 2 rings (SSSR count). The van der Waals surface area contributed by atoms with Gasteiger partial charge in [-0.15, -0.1) is 23.2 Å². The summed E-state index contributed by atoms with van der Waals surface area (Å²) < 4.78 is 30.1. The van der Waals surface area contributed by atoms with Crippen LogP contribution >= 0.6 is 23.2 Å².